The summed E-state index contributed by atoms with van der Waals surface area (Å²) in [6.07, 6.45) is -3.91. The zero-order chi connectivity index (χ0) is 15.0. The van der Waals surface area contributed by atoms with Crippen molar-refractivity contribution >= 4 is 11.6 Å². The number of ether oxygens (including phenoxy) is 2. The largest absolute Gasteiger partial charge is 0.493 e. The molecule has 0 atom stereocenters. The summed E-state index contributed by atoms with van der Waals surface area (Å²) in [5.74, 6) is 0.627. The summed E-state index contributed by atoms with van der Waals surface area (Å²) in [4.78, 5) is 0. The molecule has 0 fully saturated rings. The van der Waals surface area contributed by atoms with Gasteiger partial charge in [0.2, 0.25) is 0 Å². The molecule has 114 valence electrons. The second-order valence-electron chi connectivity index (χ2n) is 4.12. The molecule has 1 N–H and O–H groups in total. The summed E-state index contributed by atoms with van der Waals surface area (Å²) in [5.41, 5.74) is 0.827. The van der Waals surface area contributed by atoms with Crippen molar-refractivity contribution in [1.29, 1.82) is 0 Å². The molecule has 0 aliphatic rings. The van der Waals surface area contributed by atoms with Gasteiger partial charge in [-0.05, 0) is 19.2 Å². The number of halogens is 4. The number of nitrogens with one attached hydrogen (secondary N) is 1. The van der Waals surface area contributed by atoms with Crippen LogP contribution in [0.15, 0.2) is 18.2 Å². The normalized spacial score (nSPS) is 11.7. The molecule has 0 saturated heterocycles. The van der Waals surface area contributed by atoms with Crippen LogP contribution in [0.4, 0.5) is 13.2 Å². The maximum atomic E-state index is 11.8. The average molecular weight is 312 g/mol. The molecule has 0 aliphatic carbocycles. The van der Waals surface area contributed by atoms with Crippen molar-refractivity contribution in [2.75, 3.05) is 26.9 Å². The fourth-order valence-electron chi connectivity index (χ4n) is 1.55. The first-order chi connectivity index (χ1) is 9.44. The second-order valence-corrected chi connectivity index (χ2v) is 4.52. The third-order valence-electron chi connectivity index (χ3n) is 2.39. The van der Waals surface area contributed by atoms with E-state index in [9.17, 15) is 13.2 Å². The van der Waals surface area contributed by atoms with Crippen LogP contribution in [-0.2, 0) is 11.3 Å². The lowest BCUT2D eigenvalue weighted by atomic mass is 10.2. The minimum atomic E-state index is -4.28. The fourth-order valence-corrected chi connectivity index (χ4v) is 1.79. The molecule has 0 spiro atoms. The maximum Gasteiger partial charge on any atom is 0.411 e. The Morgan fingerprint density at radius 3 is 2.65 bits per heavy atom. The topological polar surface area (TPSA) is 30.5 Å². The SMILES string of the molecule is CNCc1c(Cl)cccc1OCCCOCC(F)(F)F. The Kier molecular flexibility index (Phi) is 7.12. The van der Waals surface area contributed by atoms with Crippen molar-refractivity contribution in [1.82, 2.24) is 5.32 Å². The summed E-state index contributed by atoms with van der Waals surface area (Å²) in [6.45, 7) is -0.398. The van der Waals surface area contributed by atoms with Gasteiger partial charge in [-0.3, -0.25) is 0 Å². The Bertz CT molecular complexity index is 413. The molecule has 1 aromatic carbocycles. The van der Waals surface area contributed by atoms with E-state index < -0.39 is 12.8 Å². The van der Waals surface area contributed by atoms with E-state index in [2.05, 4.69) is 10.1 Å². The van der Waals surface area contributed by atoms with E-state index in [0.29, 0.717) is 23.7 Å². The van der Waals surface area contributed by atoms with Gasteiger partial charge < -0.3 is 14.8 Å². The first-order valence-electron chi connectivity index (χ1n) is 6.13. The van der Waals surface area contributed by atoms with E-state index in [1.165, 1.54) is 0 Å². The third-order valence-corrected chi connectivity index (χ3v) is 2.74. The van der Waals surface area contributed by atoms with Crippen LogP contribution in [0.5, 0.6) is 5.75 Å². The van der Waals surface area contributed by atoms with Gasteiger partial charge in [0, 0.05) is 23.6 Å². The summed E-state index contributed by atoms with van der Waals surface area (Å²) in [6, 6.07) is 5.29. The number of benzene rings is 1. The Labute approximate surface area is 121 Å². The summed E-state index contributed by atoms with van der Waals surface area (Å²) in [7, 11) is 1.79. The van der Waals surface area contributed by atoms with Gasteiger partial charge in [0.1, 0.15) is 12.4 Å². The average Bonchev–Trinajstić information content (AvgIpc) is 2.36. The van der Waals surface area contributed by atoms with E-state index in [1.54, 1.807) is 25.2 Å². The molecule has 0 unspecified atom stereocenters. The number of hydrogen-bond donors (Lipinski definition) is 1. The predicted molar refractivity (Wildman–Crippen MR) is 71.2 cm³/mol. The zero-order valence-corrected chi connectivity index (χ0v) is 11.9. The summed E-state index contributed by atoms with van der Waals surface area (Å²) < 4.78 is 45.5. The quantitative estimate of drug-likeness (QED) is 0.746. The predicted octanol–water partition coefficient (Wildman–Crippen LogP) is 3.41. The van der Waals surface area contributed by atoms with Crippen LogP contribution < -0.4 is 10.1 Å². The van der Waals surface area contributed by atoms with Gasteiger partial charge in [0.15, 0.2) is 0 Å². The van der Waals surface area contributed by atoms with E-state index in [4.69, 9.17) is 16.3 Å². The van der Waals surface area contributed by atoms with Gasteiger partial charge in [-0.1, -0.05) is 17.7 Å². The molecule has 0 radical (unpaired) electrons. The molecule has 0 bridgehead atoms. The molecule has 0 aliphatic heterocycles. The highest BCUT2D eigenvalue weighted by Gasteiger charge is 2.27. The smallest absolute Gasteiger partial charge is 0.411 e. The van der Waals surface area contributed by atoms with E-state index in [1.807, 2.05) is 0 Å². The Morgan fingerprint density at radius 2 is 2.00 bits per heavy atom. The fraction of sp³-hybridized carbons (Fsp3) is 0.538. The van der Waals surface area contributed by atoms with Crippen molar-refractivity contribution < 1.29 is 22.6 Å². The minimum absolute atomic E-state index is 0.00143. The molecular weight excluding hydrogens is 295 g/mol. The molecule has 7 heteroatoms. The first-order valence-corrected chi connectivity index (χ1v) is 6.51. The highest BCUT2D eigenvalue weighted by Crippen LogP contribution is 2.26. The van der Waals surface area contributed by atoms with Crippen LogP contribution in [0.2, 0.25) is 5.02 Å². The van der Waals surface area contributed by atoms with Gasteiger partial charge in [-0.15, -0.1) is 0 Å². The lowest BCUT2D eigenvalue weighted by Crippen LogP contribution is -2.18. The Hall–Kier alpha value is -0.980. The molecular formula is C13H17ClF3NO2. The van der Waals surface area contributed by atoms with Crippen LogP contribution in [0.1, 0.15) is 12.0 Å². The highest BCUT2D eigenvalue weighted by atomic mass is 35.5. The standard InChI is InChI=1S/C13H17ClF3NO2/c1-18-8-10-11(14)4-2-5-12(10)20-7-3-6-19-9-13(15,16)17/h2,4-5,18H,3,6-9H2,1H3. The molecule has 20 heavy (non-hydrogen) atoms. The molecule has 0 aromatic heterocycles. The van der Waals surface area contributed by atoms with Gasteiger partial charge in [-0.2, -0.15) is 13.2 Å². The van der Waals surface area contributed by atoms with Crippen LogP contribution in [-0.4, -0.2) is 33.0 Å². The molecule has 1 rings (SSSR count). The Balaban J connectivity index is 2.33. The lowest BCUT2D eigenvalue weighted by molar-refractivity contribution is -0.174. The summed E-state index contributed by atoms with van der Waals surface area (Å²) in [5, 5.41) is 3.57. The van der Waals surface area contributed by atoms with E-state index in [-0.39, 0.29) is 13.2 Å². The first kappa shape index (κ1) is 17.1. The van der Waals surface area contributed by atoms with Crippen LogP contribution in [0.3, 0.4) is 0 Å². The van der Waals surface area contributed by atoms with Gasteiger partial charge in [-0.25, -0.2) is 0 Å². The van der Waals surface area contributed by atoms with Gasteiger partial charge in [0.25, 0.3) is 0 Å². The molecule has 0 saturated carbocycles. The Morgan fingerprint density at radius 1 is 1.25 bits per heavy atom. The van der Waals surface area contributed by atoms with Crippen molar-refractivity contribution in [3.63, 3.8) is 0 Å². The molecule has 1 aromatic rings. The van der Waals surface area contributed by atoms with Crippen molar-refractivity contribution in [2.45, 2.75) is 19.1 Å². The monoisotopic (exact) mass is 311 g/mol. The number of alkyl halides is 3. The summed E-state index contributed by atoms with van der Waals surface area (Å²) >= 11 is 6.05. The van der Waals surface area contributed by atoms with Gasteiger partial charge >= 0.3 is 6.18 Å². The van der Waals surface area contributed by atoms with Crippen LogP contribution in [0.25, 0.3) is 0 Å². The lowest BCUT2D eigenvalue weighted by Gasteiger charge is -2.13. The van der Waals surface area contributed by atoms with Crippen molar-refractivity contribution in [2.24, 2.45) is 0 Å². The third kappa shape index (κ3) is 6.45. The van der Waals surface area contributed by atoms with Crippen molar-refractivity contribution in [3.05, 3.63) is 28.8 Å². The molecule has 0 amide bonds. The van der Waals surface area contributed by atoms with Gasteiger partial charge in [0.05, 0.1) is 13.2 Å². The molecule has 3 nitrogen and oxygen atoms in total. The van der Waals surface area contributed by atoms with E-state index >= 15 is 0 Å². The van der Waals surface area contributed by atoms with Crippen molar-refractivity contribution in [3.8, 4) is 5.75 Å². The maximum absolute atomic E-state index is 11.8. The second kappa shape index (κ2) is 8.34. The highest BCUT2D eigenvalue weighted by molar-refractivity contribution is 6.31. The minimum Gasteiger partial charge on any atom is -0.493 e. The van der Waals surface area contributed by atoms with Crippen LogP contribution in [0, 0.1) is 0 Å². The van der Waals surface area contributed by atoms with Crippen LogP contribution >= 0.6 is 11.6 Å². The number of hydrogen-bond acceptors (Lipinski definition) is 3. The number of rotatable bonds is 8. The molecule has 0 heterocycles. The zero-order valence-electron chi connectivity index (χ0n) is 11.1. The van der Waals surface area contributed by atoms with E-state index in [0.717, 1.165) is 5.56 Å².